The van der Waals surface area contributed by atoms with Crippen molar-refractivity contribution in [1.82, 2.24) is 0 Å². The van der Waals surface area contributed by atoms with Gasteiger partial charge in [-0.25, -0.2) is 0 Å². The molecular formula is C14H18F2O6S. The van der Waals surface area contributed by atoms with E-state index in [9.17, 15) is 27.1 Å². The van der Waals surface area contributed by atoms with E-state index in [1.165, 1.54) is 0 Å². The van der Waals surface area contributed by atoms with Crippen LogP contribution in [0.25, 0.3) is 0 Å². The average molecular weight is 352 g/mol. The van der Waals surface area contributed by atoms with E-state index in [1.807, 2.05) is 0 Å². The summed E-state index contributed by atoms with van der Waals surface area (Å²) in [6.07, 6.45) is 3.56. The van der Waals surface area contributed by atoms with Crippen LogP contribution >= 0.6 is 0 Å². The maximum Gasteiger partial charge on any atom is 0.402 e. The molecule has 4 rings (SSSR count). The molecule has 3 bridgehead atoms. The number of carbonyl (C=O) groups excluding carboxylic acids is 1. The SMILES string of the molecule is O=C(OCC(F)(F)S(=O)(=O)O)C12CC3CC4(O)CC(C1)C2(C3)C4. The summed E-state index contributed by atoms with van der Waals surface area (Å²) in [6, 6.07) is 0. The molecule has 4 aliphatic rings. The smallest absolute Gasteiger partial charge is 0.402 e. The second kappa shape index (κ2) is 4.05. The molecule has 1 spiro atoms. The summed E-state index contributed by atoms with van der Waals surface area (Å²) in [5.74, 6) is -0.434. The first-order valence-electron chi connectivity index (χ1n) is 7.68. The van der Waals surface area contributed by atoms with Gasteiger partial charge in [-0.05, 0) is 55.8 Å². The summed E-state index contributed by atoms with van der Waals surface area (Å²) in [5.41, 5.74) is -2.02. The van der Waals surface area contributed by atoms with Gasteiger partial charge in [-0.15, -0.1) is 0 Å². The molecule has 4 aliphatic carbocycles. The number of rotatable bonds is 4. The van der Waals surface area contributed by atoms with Crippen molar-refractivity contribution in [3.05, 3.63) is 0 Å². The Kier molecular flexibility index (Phi) is 2.77. The molecule has 0 aromatic heterocycles. The second-order valence-corrected chi connectivity index (χ2v) is 9.46. The standard InChI is InChI=1S/C14H18F2O6S/c15-14(16,23(19,20)21)7-22-10(17)12-2-8-1-11(18)4-9(5-12)13(12,3-8)6-11/h8-9,18H,1-7H2,(H,19,20,21). The third-order valence-corrected chi connectivity index (χ3v) is 7.57. The van der Waals surface area contributed by atoms with Gasteiger partial charge in [-0.2, -0.15) is 17.2 Å². The van der Waals surface area contributed by atoms with Crippen LogP contribution in [0.1, 0.15) is 38.5 Å². The molecule has 4 fully saturated rings. The van der Waals surface area contributed by atoms with Gasteiger partial charge in [0.15, 0.2) is 6.61 Å². The van der Waals surface area contributed by atoms with Gasteiger partial charge in [0.05, 0.1) is 11.0 Å². The topological polar surface area (TPSA) is 101 Å². The van der Waals surface area contributed by atoms with Crippen LogP contribution in [0.3, 0.4) is 0 Å². The molecule has 23 heavy (non-hydrogen) atoms. The average Bonchev–Trinajstić information content (AvgIpc) is 2.68. The van der Waals surface area contributed by atoms with E-state index in [1.54, 1.807) is 0 Å². The van der Waals surface area contributed by atoms with Crippen molar-refractivity contribution in [2.45, 2.75) is 49.4 Å². The molecule has 130 valence electrons. The molecule has 2 N–H and O–H groups in total. The van der Waals surface area contributed by atoms with E-state index >= 15 is 0 Å². The van der Waals surface area contributed by atoms with Crippen LogP contribution in [0.2, 0.25) is 0 Å². The van der Waals surface area contributed by atoms with E-state index in [0.717, 1.165) is 6.42 Å². The maximum atomic E-state index is 13.3. The van der Waals surface area contributed by atoms with Crippen LogP contribution in [0, 0.1) is 22.7 Å². The number of halogens is 2. The van der Waals surface area contributed by atoms with Crippen molar-refractivity contribution in [2.24, 2.45) is 22.7 Å². The highest BCUT2D eigenvalue weighted by Crippen LogP contribution is 2.82. The van der Waals surface area contributed by atoms with E-state index in [-0.39, 0.29) is 17.3 Å². The van der Waals surface area contributed by atoms with Gasteiger partial charge < -0.3 is 9.84 Å². The summed E-state index contributed by atoms with van der Waals surface area (Å²) in [5, 5.41) is 6.06. The fourth-order valence-electron chi connectivity index (χ4n) is 6.15. The number of hydrogen-bond acceptors (Lipinski definition) is 5. The van der Waals surface area contributed by atoms with E-state index in [2.05, 4.69) is 4.74 Å². The monoisotopic (exact) mass is 352 g/mol. The van der Waals surface area contributed by atoms with E-state index < -0.39 is 39.0 Å². The number of aliphatic hydroxyl groups is 1. The van der Waals surface area contributed by atoms with Gasteiger partial charge in [0, 0.05) is 0 Å². The van der Waals surface area contributed by atoms with E-state index in [4.69, 9.17) is 4.55 Å². The van der Waals surface area contributed by atoms with E-state index in [0.29, 0.717) is 32.1 Å². The fraction of sp³-hybridized carbons (Fsp3) is 0.929. The summed E-state index contributed by atoms with van der Waals surface area (Å²) in [7, 11) is -5.62. The number of ether oxygens (including phenoxy) is 1. The third-order valence-electron chi connectivity index (χ3n) is 6.70. The highest BCUT2D eigenvalue weighted by Gasteiger charge is 2.80. The molecule has 0 radical (unpaired) electrons. The first kappa shape index (κ1) is 15.7. The zero-order chi connectivity index (χ0) is 16.9. The normalized spacial score (nSPS) is 47.3. The molecular weight excluding hydrogens is 334 g/mol. The van der Waals surface area contributed by atoms with Gasteiger partial charge in [-0.3, -0.25) is 9.35 Å². The summed E-state index contributed by atoms with van der Waals surface area (Å²) >= 11 is 0. The molecule has 0 heterocycles. The number of hydrogen-bond donors (Lipinski definition) is 2. The first-order valence-corrected chi connectivity index (χ1v) is 9.12. The summed E-state index contributed by atoms with van der Waals surface area (Å²) < 4.78 is 60.9. The van der Waals surface area contributed by atoms with Crippen LogP contribution in [-0.2, 0) is 19.6 Å². The Morgan fingerprint density at radius 1 is 1.22 bits per heavy atom. The molecule has 0 amide bonds. The Labute approximate surface area is 131 Å². The van der Waals surface area contributed by atoms with Crippen LogP contribution < -0.4 is 0 Å². The number of alkyl halides is 2. The molecule has 0 aromatic carbocycles. The van der Waals surface area contributed by atoms with Crippen molar-refractivity contribution in [3.8, 4) is 0 Å². The van der Waals surface area contributed by atoms with Gasteiger partial charge in [0.1, 0.15) is 0 Å². The third kappa shape index (κ3) is 1.78. The van der Waals surface area contributed by atoms with Crippen molar-refractivity contribution < 1.29 is 36.4 Å². The molecule has 9 heteroatoms. The highest BCUT2D eigenvalue weighted by atomic mass is 32.2. The number of esters is 1. The molecule has 5 unspecified atom stereocenters. The van der Waals surface area contributed by atoms with Crippen molar-refractivity contribution in [2.75, 3.05) is 6.61 Å². The predicted molar refractivity (Wildman–Crippen MR) is 72.0 cm³/mol. The highest BCUT2D eigenvalue weighted by molar-refractivity contribution is 7.86. The van der Waals surface area contributed by atoms with Gasteiger partial charge in [-0.1, -0.05) is 0 Å². The predicted octanol–water partition coefficient (Wildman–Crippen LogP) is 1.34. The molecule has 0 aliphatic heterocycles. The van der Waals surface area contributed by atoms with Crippen LogP contribution in [0.5, 0.6) is 0 Å². The lowest BCUT2D eigenvalue weighted by Gasteiger charge is -2.56. The molecule has 5 atom stereocenters. The Hall–Kier alpha value is -0.800. The Morgan fingerprint density at radius 2 is 1.91 bits per heavy atom. The summed E-state index contributed by atoms with van der Waals surface area (Å²) in [4.78, 5) is 12.5. The lowest BCUT2D eigenvalue weighted by Crippen LogP contribution is -2.57. The van der Waals surface area contributed by atoms with Crippen molar-refractivity contribution >= 4 is 16.1 Å². The van der Waals surface area contributed by atoms with Gasteiger partial charge in [0.25, 0.3) is 0 Å². The van der Waals surface area contributed by atoms with Crippen LogP contribution in [0.15, 0.2) is 0 Å². The maximum absolute atomic E-state index is 13.3. The van der Waals surface area contributed by atoms with Crippen LogP contribution in [-0.4, -0.2) is 41.5 Å². The van der Waals surface area contributed by atoms with Gasteiger partial charge >= 0.3 is 21.3 Å². The van der Waals surface area contributed by atoms with Crippen molar-refractivity contribution in [1.29, 1.82) is 0 Å². The Morgan fingerprint density at radius 3 is 2.57 bits per heavy atom. The summed E-state index contributed by atoms with van der Waals surface area (Å²) in [6.45, 7) is -1.68. The lowest BCUT2D eigenvalue weighted by molar-refractivity contribution is -0.191. The Bertz CT molecular complexity index is 689. The molecule has 0 aromatic rings. The zero-order valence-corrected chi connectivity index (χ0v) is 13.1. The molecule has 6 nitrogen and oxygen atoms in total. The minimum atomic E-state index is -5.62. The molecule has 4 saturated carbocycles. The fourth-order valence-corrected chi connectivity index (χ4v) is 6.36. The second-order valence-electron chi connectivity index (χ2n) is 7.91. The molecule has 0 saturated heterocycles. The number of fused-ring (bicyclic) bond motifs is 2. The largest absolute Gasteiger partial charge is 0.457 e. The minimum absolute atomic E-state index is 0.177. The van der Waals surface area contributed by atoms with Crippen LogP contribution in [0.4, 0.5) is 8.78 Å². The Balaban J connectivity index is 1.55. The minimum Gasteiger partial charge on any atom is -0.457 e. The van der Waals surface area contributed by atoms with Crippen molar-refractivity contribution in [3.63, 3.8) is 0 Å². The lowest BCUT2D eigenvalue weighted by atomic mass is 9.46. The van der Waals surface area contributed by atoms with Gasteiger partial charge in [0.2, 0.25) is 0 Å². The number of carbonyl (C=O) groups is 1. The zero-order valence-electron chi connectivity index (χ0n) is 12.3. The first-order chi connectivity index (χ1) is 10.4. The quantitative estimate of drug-likeness (QED) is 0.585.